The van der Waals surface area contributed by atoms with Crippen LogP contribution < -0.4 is 0 Å². The summed E-state index contributed by atoms with van der Waals surface area (Å²) in [6.45, 7) is 2.01. The van der Waals surface area contributed by atoms with E-state index in [0.717, 1.165) is 0 Å². The molecule has 16 heavy (non-hydrogen) atoms. The Bertz CT molecular complexity index is 345. The predicted molar refractivity (Wildman–Crippen MR) is 68.6 cm³/mol. The Labute approximate surface area is 111 Å². The number of rotatable bonds is 4. The zero-order valence-electron chi connectivity index (χ0n) is 8.78. The second kappa shape index (κ2) is 5.77. The number of hydrogen-bond donors (Lipinski definition) is 0. The van der Waals surface area contributed by atoms with Gasteiger partial charge in [0.25, 0.3) is 0 Å². The minimum Gasteiger partial charge on any atom is -0.466 e. The van der Waals surface area contributed by atoms with E-state index < -0.39 is 15.1 Å². The molecule has 0 N–H and O–H groups in total. The standard InChI is InChI=1S/C11H12Br2O3/c1-2-16-10(15)7-9(14)8-5-3-4-6-11(8,12)13/h3-6,8H,2,7H2,1H3. The fourth-order valence-corrected chi connectivity index (χ4v) is 2.50. The summed E-state index contributed by atoms with van der Waals surface area (Å²) < 4.78 is 4.14. The Morgan fingerprint density at radius 2 is 2.06 bits per heavy atom. The molecule has 1 atom stereocenters. The molecule has 1 rings (SSSR count). The van der Waals surface area contributed by atoms with Gasteiger partial charge in [-0.2, -0.15) is 0 Å². The molecule has 0 saturated heterocycles. The highest BCUT2D eigenvalue weighted by molar-refractivity contribution is 9.25. The third-order valence-corrected chi connectivity index (χ3v) is 3.63. The van der Waals surface area contributed by atoms with Crippen molar-refractivity contribution in [2.45, 2.75) is 16.6 Å². The van der Waals surface area contributed by atoms with Crippen LogP contribution in [0.2, 0.25) is 0 Å². The SMILES string of the molecule is CCOC(=O)CC(=O)C1C=CC=CC1(Br)Br. The van der Waals surface area contributed by atoms with Crippen molar-refractivity contribution in [2.75, 3.05) is 6.61 Å². The number of alkyl halides is 2. The normalized spacial score (nSPS) is 21.8. The fraction of sp³-hybridized carbons (Fsp3) is 0.455. The van der Waals surface area contributed by atoms with E-state index in [4.69, 9.17) is 4.74 Å². The first-order valence-electron chi connectivity index (χ1n) is 4.89. The summed E-state index contributed by atoms with van der Waals surface area (Å²) in [7, 11) is 0. The van der Waals surface area contributed by atoms with Crippen LogP contribution in [-0.4, -0.2) is 21.6 Å². The third-order valence-electron chi connectivity index (χ3n) is 2.12. The largest absolute Gasteiger partial charge is 0.466 e. The van der Waals surface area contributed by atoms with E-state index >= 15 is 0 Å². The highest BCUT2D eigenvalue weighted by atomic mass is 79.9. The summed E-state index contributed by atoms with van der Waals surface area (Å²) in [5.41, 5.74) is 0. The average Bonchev–Trinajstić information content (AvgIpc) is 2.16. The number of ether oxygens (including phenoxy) is 1. The molecular formula is C11H12Br2O3. The maximum atomic E-state index is 11.9. The molecule has 0 amide bonds. The molecule has 1 aliphatic rings. The van der Waals surface area contributed by atoms with E-state index in [9.17, 15) is 9.59 Å². The molecule has 5 heteroatoms. The maximum absolute atomic E-state index is 11.9. The molecule has 0 spiro atoms. The van der Waals surface area contributed by atoms with Gasteiger partial charge in [-0.3, -0.25) is 9.59 Å². The Hall–Kier alpha value is -0.420. The Balaban J connectivity index is 2.64. The number of ketones is 1. The lowest BCUT2D eigenvalue weighted by atomic mass is 9.94. The number of esters is 1. The van der Waals surface area contributed by atoms with Gasteiger partial charge in [0.1, 0.15) is 9.65 Å². The lowest BCUT2D eigenvalue weighted by molar-refractivity contribution is -0.146. The van der Waals surface area contributed by atoms with Gasteiger partial charge in [0.15, 0.2) is 5.78 Å². The first kappa shape index (κ1) is 13.6. The van der Waals surface area contributed by atoms with Crippen LogP contribution in [0.25, 0.3) is 0 Å². The molecule has 1 aliphatic carbocycles. The zero-order chi connectivity index (χ0) is 12.2. The van der Waals surface area contributed by atoms with Gasteiger partial charge >= 0.3 is 5.97 Å². The smallest absolute Gasteiger partial charge is 0.313 e. The lowest BCUT2D eigenvalue weighted by Crippen LogP contribution is -2.31. The van der Waals surface area contributed by atoms with E-state index in [1.165, 1.54) is 0 Å². The summed E-state index contributed by atoms with van der Waals surface area (Å²) in [5.74, 6) is -1.05. The van der Waals surface area contributed by atoms with Gasteiger partial charge < -0.3 is 4.74 Å². The molecule has 0 saturated carbocycles. The van der Waals surface area contributed by atoms with Crippen molar-refractivity contribution < 1.29 is 14.3 Å². The zero-order valence-corrected chi connectivity index (χ0v) is 12.0. The molecular weight excluding hydrogens is 340 g/mol. The van der Waals surface area contributed by atoms with E-state index in [1.54, 1.807) is 19.1 Å². The third kappa shape index (κ3) is 3.56. The molecule has 0 aromatic heterocycles. The minimum absolute atomic E-state index is 0.173. The van der Waals surface area contributed by atoms with E-state index in [1.807, 2.05) is 12.2 Å². The van der Waals surface area contributed by atoms with Crippen LogP contribution >= 0.6 is 31.9 Å². The van der Waals surface area contributed by atoms with E-state index in [-0.39, 0.29) is 12.2 Å². The van der Waals surface area contributed by atoms with Gasteiger partial charge in [0.05, 0.1) is 12.5 Å². The second-order valence-electron chi connectivity index (χ2n) is 3.34. The van der Waals surface area contributed by atoms with E-state index in [2.05, 4.69) is 31.9 Å². The Morgan fingerprint density at radius 1 is 1.38 bits per heavy atom. The maximum Gasteiger partial charge on any atom is 0.313 e. The summed E-state index contributed by atoms with van der Waals surface area (Å²) in [6, 6.07) is 0. The van der Waals surface area contributed by atoms with Crippen molar-refractivity contribution in [1.82, 2.24) is 0 Å². The van der Waals surface area contributed by atoms with Crippen LogP contribution in [0.3, 0.4) is 0 Å². The predicted octanol–water partition coefficient (Wildman–Crippen LogP) is 2.74. The molecule has 88 valence electrons. The number of carbonyl (C=O) groups is 2. The van der Waals surface area contributed by atoms with Crippen molar-refractivity contribution in [2.24, 2.45) is 5.92 Å². The summed E-state index contributed by atoms with van der Waals surface area (Å²) in [4.78, 5) is 23.0. The van der Waals surface area contributed by atoms with Crippen molar-refractivity contribution >= 4 is 43.6 Å². The van der Waals surface area contributed by atoms with Crippen molar-refractivity contribution in [1.29, 1.82) is 0 Å². The number of carbonyl (C=O) groups excluding carboxylic acids is 2. The summed E-state index contributed by atoms with van der Waals surface area (Å²) in [5, 5.41) is 0. The second-order valence-corrected chi connectivity index (χ2v) is 7.03. The fourth-order valence-electron chi connectivity index (χ4n) is 1.38. The molecule has 0 aromatic carbocycles. The van der Waals surface area contributed by atoms with Gasteiger partial charge in [0.2, 0.25) is 0 Å². The Kier molecular flexibility index (Phi) is 4.92. The first-order chi connectivity index (χ1) is 7.47. The quantitative estimate of drug-likeness (QED) is 0.444. The van der Waals surface area contributed by atoms with Crippen LogP contribution in [0.1, 0.15) is 13.3 Å². The van der Waals surface area contributed by atoms with Crippen LogP contribution in [0.15, 0.2) is 24.3 Å². The van der Waals surface area contributed by atoms with Crippen molar-refractivity contribution in [3.63, 3.8) is 0 Å². The van der Waals surface area contributed by atoms with Gasteiger partial charge in [-0.25, -0.2) is 0 Å². The molecule has 0 bridgehead atoms. The molecule has 0 aromatic rings. The van der Waals surface area contributed by atoms with Gasteiger partial charge in [-0.15, -0.1) is 0 Å². The van der Waals surface area contributed by atoms with Gasteiger partial charge in [-0.05, 0) is 6.92 Å². The Morgan fingerprint density at radius 3 is 2.62 bits per heavy atom. The lowest BCUT2D eigenvalue weighted by Gasteiger charge is -2.26. The number of hydrogen-bond acceptors (Lipinski definition) is 3. The van der Waals surface area contributed by atoms with Crippen molar-refractivity contribution in [3.05, 3.63) is 24.3 Å². The topological polar surface area (TPSA) is 43.4 Å². The number of Topliss-reactive ketones (excluding diaryl/α,β-unsaturated/α-hetero) is 1. The van der Waals surface area contributed by atoms with Gasteiger partial charge in [0, 0.05) is 0 Å². The van der Waals surface area contributed by atoms with Crippen LogP contribution in [0.4, 0.5) is 0 Å². The molecule has 0 fully saturated rings. The number of halogens is 2. The minimum atomic E-state index is -0.599. The molecule has 0 aliphatic heterocycles. The highest BCUT2D eigenvalue weighted by Crippen LogP contribution is 2.40. The molecule has 3 nitrogen and oxygen atoms in total. The molecule has 0 heterocycles. The first-order valence-corrected chi connectivity index (χ1v) is 6.48. The monoisotopic (exact) mass is 350 g/mol. The van der Waals surface area contributed by atoms with Gasteiger partial charge in [-0.1, -0.05) is 56.2 Å². The van der Waals surface area contributed by atoms with E-state index in [0.29, 0.717) is 6.61 Å². The van der Waals surface area contributed by atoms with Crippen LogP contribution in [0.5, 0.6) is 0 Å². The van der Waals surface area contributed by atoms with Crippen LogP contribution in [-0.2, 0) is 14.3 Å². The van der Waals surface area contributed by atoms with Crippen LogP contribution in [0, 0.1) is 5.92 Å². The molecule has 0 radical (unpaired) electrons. The number of allylic oxidation sites excluding steroid dienone is 4. The summed E-state index contributed by atoms with van der Waals surface area (Å²) >= 11 is 6.79. The summed E-state index contributed by atoms with van der Waals surface area (Å²) in [6.07, 6.45) is 6.99. The average molecular weight is 352 g/mol. The van der Waals surface area contributed by atoms with Crippen molar-refractivity contribution in [3.8, 4) is 0 Å². The highest BCUT2D eigenvalue weighted by Gasteiger charge is 2.36. The molecule has 1 unspecified atom stereocenters.